The van der Waals surface area contributed by atoms with E-state index in [1.165, 1.54) is 11.3 Å². The third-order valence-corrected chi connectivity index (χ3v) is 4.97. The Labute approximate surface area is 145 Å². The summed E-state index contributed by atoms with van der Waals surface area (Å²) in [6.45, 7) is 2.95. The number of fused-ring (bicyclic) bond motifs is 1. The molecular formula is C19H18N6. The van der Waals surface area contributed by atoms with Crippen LogP contribution in [-0.2, 0) is 0 Å². The van der Waals surface area contributed by atoms with E-state index in [0.29, 0.717) is 0 Å². The van der Waals surface area contributed by atoms with Gasteiger partial charge in [0.05, 0.1) is 23.8 Å². The van der Waals surface area contributed by atoms with Crippen molar-refractivity contribution in [2.75, 3.05) is 11.4 Å². The molecule has 1 aliphatic carbocycles. The molecule has 5 rings (SSSR count). The van der Waals surface area contributed by atoms with Crippen LogP contribution in [-0.4, -0.2) is 31.7 Å². The molecule has 124 valence electrons. The number of aromatic nitrogens is 5. The van der Waals surface area contributed by atoms with E-state index in [1.54, 1.807) is 6.20 Å². The lowest BCUT2D eigenvalue weighted by molar-refractivity contribution is 0.866. The topological polar surface area (TPSA) is 70.6 Å². The first-order valence-corrected chi connectivity index (χ1v) is 8.59. The molecule has 0 amide bonds. The van der Waals surface area contributed by atoms with Crippen LogP contribution in [0.4, 0.5) is 5.82 Å². The minimum atomic E-state index is 0.800. The lowest BCUT2D eigenvalue weighted by atomic mass is 10.0. The molecule has 3 aromatic rings. The number of H-pyrrole nitrogens is 1. The molecule has 1 aliphatic heterocycles. The van der Waals surface area contributed by atoms with Gasteiger partial charge in [-0.25, -0.2) is 9.97 Å². The van der Waals surface area contributed by atoms with Crippen molar-refractivity contribution in [3.8, 4) is 11.3 Å². The summed E-state index contributed by atoms with van der Waals surface area (Å²) in [5.41, 5.74) is 6.38. The van der Waals surface area contributed by atoms with E-state index in [0.717, 1.165) is 59.6 Å². The monoisotopic (exact) mass is 330 g/mol. The fourth-order valence-corrected chi connectivity index (χ4v) is 3.65. The van der Waals surface area contributed by atoms with Crippen molar-refractivity contribution in [1.29, 1.82) is 0 Å². The molecule has 1 N–H and O–H groups in total. The number of allylic oxidation sites excluding steroid dienone is 3. The zero-order valence-corrected chi connectivity index (χ0v) is 14.0. The first-order chi connectivity index (χ1) is 12.3. The lowest BCUT2D eigenvalue weighted by Crippen LogP contribution is -2.20. The largest absolute Gasteiger partial charge is 0.328 e. The molecule has 0 saturated heterocycles. The Kier molecular flexibility index (Phi) is 3.16. The molecule has 2 aliphatic rings. The van der Waals surface area contributed by atoms with Crippen molar-refractivity contribution >= 4 is 16.9 Å². The molecule has 25 heavy (non-hydrogen) atoms. The average Bonchev–Trinajstić information content (AvgIpc) is 3.26. The lowest BCUT2D eigenvalue weighted by Gasteiger charge is -2.22. The van der Waals surface area contributed by atoms with E-state index in [4.69, 9.17) is 4.98 Å². The minimum absolute atomic E-state index is 0.800. The number of hydrogen-bond donors (Lipinski definition) is 1. The van der Waals surface area contributed by atoms with Crippen molar-refractivity contribution in [2.24, 2.45) is 0 Å². The number of pyridine rings is 1. The average molecular weight is 330 g/mol. The highest BCUT2D eigenvalue weighted by molar-refractivity contribution is 5.82. The Morgan fingerprint density at radius 3 is 3.08 bits per heavy atom. The van der Waals surface area contributed by atoms with Crippen LogP contribution in [0.25, 0.3) is 22.3 Å². The van der Waals surface area contributed by atoms with Crippen LogP contribution in [0.5, 0.6) is 0 Å². The fourth-order valence-electron chi connectivity index (χ4n) is 3.65. The van der Waals surface area contributed by atoms with Gasteiger partial charge in [-0.3, -0.25) is 10.1 Å². The fraction of sp³-hybridized carbons (Fsp3) is 0.263. The summed E-state index contributed by atoms with van der Waals surface area (Å²) in [5.74, 6) is 0.918. The SMILES string of the molecule is Cc1n[nH]c2ncc(-c3cncc(N4CCC5=C4CCC=C5)n3)cc12. The minimum Gasteiger partial charge on any atom is -0.328 e. The molecule has 0 radical (unpaired) electrons. The Bertz CT molecular complexity index is 1030. The third kappa shape index (κ3) is 2.33. The predicted octanol–water partition coefficient (Wildman–Crippen LogP) is 3.54. The van der Waals surface area contributed by atoms with Crippen LogP contribution in [0.1, 0.15) is 25.0 Å². The van der Waals surface area contributed by atoms with Gasteiger partial charge in [-0.2, -0.15) is 5.10 Å². The molecule has 6 heteroatoms. The van der Waals surface area contributed by atoms with Crippen LogP contribution in [0, 0.1) is 6.92 Å². The highest BCUT2D eigenvalue weighted by Crippen LogP contribution is 2.34. The van der Waals surface area contributed by atoms with Gasteiger partial charge < -0.3 is 4.90 Å². The molecule has 0 atom stereocenters. The maximum atomic E-state index is 4.87. The zero-order valence-electron chi connectivity index (χ0n) is 14.0. The number of anilines is 1. The predicted molar refractivity (Wildman–Crippen MR) is 97.0 cm³/mol. The summed E-state index contributed by atoms with van der Waals surface area (Å²) in [4.78, 5) is 16.1. The van der Waals surface area contributed by atoms with Crippen molar-refractivity contribution in [3.05, 3.63) is 53.8 Å². The van der Waals surface area contributed by atoms with E-state index in [-0.39, 0.29) is 0 Å². The van der Waals surface area contributed by atoms with E-state index < -0.39 is 0 Å². The molecule has 0 unspecified atom stereocenters. The van der Waals surface area contributed by atoms with Gasteiger partial charge in [0.1, 0.15) is 0 Å². The van der Waals surface area contributed by atoms with E-state index in [2.05, 4.69) is 43.3 Å². The first-order valence-electron chi connectivity index (χ1n) is 8.59. The Hall–Kier alpha value is -3.02. The van der Waals surface area contributed by atoms with E-state index in [1.807, 2.05) is 19.3 Å². The number of rotatable bonds is 2. The second kappa shape index (κ2) is 5.51. The number of aromatic amines is 1. The summed E-state index contributed by atoms with van der Waals surface area (Å²) < 4.78 is 0. The molecule has 0 spiro atoms. The Balaban J connectivity index is 1.55. The van der Waals surface area contributed by atoms with Crippen LogP contribution in [0.3, 0.4) is 0 Å². The molecule has 0 fully saturated rings. The normalized spacial score (nSPS) is 16.8. The summed E-state index contributed by atoms with van der Waals surface area (Å²) >= 11 is 0. The van der Waals surface area contributed by atoms with Gasteiger partial charge in [0, 0.05) is 29.4 Å². The van der Waals surface area contributed by atoms with Gasteiger partial charge >= 0.3 is 0 Å². The number of nitrogens with zero attached hydrogens (tertiary/aromatic N) is 5. The Morgan fingerprint density at radius 2 is 2.12 bits per heavy atom. The van der Waals surface area contributed by atoms with Gasteiger partial charge in [-0.05, 0) is 37.8 Å². The standard InChI is InChI=1S/C19H18N6/c1-12-15-8-14(9-21-19(15)24-23-12)16-10-20-11-18(22-16)25-7-6-13-4-2-3-5-17(13)25/h2,4,8-11H,3,5-7H2,1H3,(H,21,23,24). The van der Waals surface area contributed by atoms with Gasteiger partial charge in [0.2, 0.25) is 0 Å². The maximum absolute atomic E-state index is 4.87. The van der Waals surface area contributed by atoms with Crippen LogP contribution in [0.15, 0.2) is 48.1 Å². The molecular weight excluding hydrogens is 312 g/mol. The van der Waals surface area contributed by atoms with E-state index in [9.17, 15) is 0 Å². The van der Waals surface area contributed by atoms with Gasteiger partial charge in [0.25, 0.3) is 0 Å². The number of nitrogens with one attached hydrogen (secondary N) is 1. The van der Waals surface area contributed by atoms with Crippen LogP contribution >= 0.6 is 0 Å². The van der Waals surface area contributed by atoms with Gasteiger partial charge in [0.15, 0.2) is 11.5 Å². The van der Waals surface area contributed by atoms with Gasteiger partial charge in [-0.1, -0.05) is 12.2 Å². The highest BCUT2D eigenvalue weighted by Gasteiger charge is 2.24. The van der Waals surface area contributed by atoms with Gasteiger partial charge in [-0.15, -0.1) is 0 Å². The van der Waals surface area contributed by atoms with Crippen molar-refractivity contribution in [2.45, 2.75) is 26.2 Å². The highest BCUT2D eigenvalue weighted by atomic mass is 15.2. The number of aryl methyl sites for hydroxylation is 1. The molecule has 4 heterocycles. The quantitative estimate of drug-likeness (QED) is 0.778. The molecule has 3 aromatic heterocycles. The molecule has 0 aromatic carbocycles. The molecule has 0 saturated carbocycles. The smallest absolute Gasteiger partial charge is 0.155 e. The third-order valence-electron chi connectivity index (χ3n) is 4.97. The van der Waals surface area contributed by atoms with Crippen molar-refractivity contribution < 1.29 is 0 Å². The summed E-state index contributed by atoms with van der Waals surface area (Å²) in [7, 11) is 0. The zero-order chi connectivity index (χ0) is 16.8. The second-order valence-electron chi connectivity index (χ2n) is 6.51. The molecule has 0 bridgehead atoms. The van der Waals surface area contributed by atoms with Crippen molar-refractivity contribution in [3.63, 3.8) is 0 Å². The summed E-state index contributed by atoms with van der Waals surface area (Å²) in [6.07, 6.45) is 13.3. The number of hydrogen-bond acceptors (Lipinski definition) is 5. The van der Waals surface area contributed by atoms with Crippen LogP contribution in [0.2, 0.25) is 0 Å². The van der Waals surface area contributed by atoms with Crippen molar-refractivity contribution in [1.82, 2.24) is 25.1 Å². The van der Waals surface area contributed by atoms with Crippen LogP contribution < -0.4 is 4.90 Å². The maximum Gasteiger partial charge on any atom is 0.155 e. The van der Waals surface area contributed by atoms with E-state index >= 15 is 0 Å². The first kappa shape index (κ1) is 14.3. The summed E-state index contributed by atoms with van der Waals surface area (Å²) in [5, 5.41) is 8.17. The second-order valence-corrected chi connectivity index (χ2v) is 6.51. The molecule has 6 nitrogen and oxygen atoms in total. The Morgan fingerprint density at radius 1 is 1.16 bits per heavy atom. The summed E-state index contributed by atoms with van der Waals surface area (Å²) in [6, 6.07) is 2.08.